The predicted molar refractivity (Wildman–Crippen MR) is 39.6 cm³/mol. The summed E-state index contributed by atoms with van der Waals surface area (Å²) in [6, 6.07) is 0. The van der Waals surface area contributed by atoms with Gasteiger partial charge in [0, 0.05) is 14.2 Å². The summed E-state index contributed by atoms with van der Waals surface area (Å²) in [6.07, 6.45) is -1.06. The van der Waals surface area contributed by atoms with Gasteiger partial charge in [0.15, 0.2) is 6.29 Å². The zero-order valence-corrected chi connectivity index (χ0v) is 7.69. The third-order valence-corrected chi connectivity index (χ3v) is 2.37. The fourth-order valence-electron chi connectivity index (χ4n) is 0.387. The van der Waals surface area contributed by atoms with Gasteiger partial charge in [0.05, 0.1) is 6.61 Å². The summed E-state index contributed by atoms with van der Waals surface area (Å²) in [6.45, 7) is -0.414. The molecule has 0 spiro atoms. The number of hydrogen-bond acceptors (Lipinski definition) is 6. The molecule has 6 nitrogen and oxygen atoms in total. The second-order valence-corrected chi connectivity index (χ2v) is 3.69. The topological polar surface area (TPSA) is 82.1 Å². The van der Waals surface area contributed by atoms with E-state index in [4.69, 9.17) is 5.11 Å². The highest BCUT2D eigenvalue weighted by Crippen LogP contribution is 2.47. The van der Waals surface area contributed by atoms with E-state index < -0.39 is 20.5 Å². The van der Waals surface area contributed by atoms with Gasteiger partial charge < -0.3 is 9.90 Å². The van der Waals surface area contributed by atoms with Gasteiger partial charge in [-0.3, -0.25) is 13.6 Å². The Bertz CT molecular complexity index is 173. The van der Waals surface area contributed by atoms with Crippen molar-refractivity contribution in [3.63, 3.8) is 0 Å². The van der Waals surface area contributed by atoms with Gasteiger partial charge in [-0.2, -0.15) is 0 Å². The number of phosphoric acid groups is 1. The number of aliphatic hydroxyl groups excluding tert-OH is 1. The highest BCUT2D eigenvalue weighted by molar-refractivity contribution is 7.48. The molecule has 0 amide bonds. The average molecular weight is 198 g/mol. The molecule has 0 aromatic rings. The molecule has 0 radical (unpaired) electrons. The molecular weight excluding hydrogens is 187 g/mol. The van der Waals surface area contributed by atoms with Crippen molar-refractivity contribution in [1.82, 2.24) is 0 Å². The van der Waals surface area contributed by atoms with Crippen molar-refractivity contribution in [1.29, 1.82) is 0 Å². The van der Waals surface area contributed by atoms with Crippen molar-refractivity contribution in [2.24, 2.45) is 0 Å². The average Bonchev–Trinajstić information content (AvgIpc) is 2.13. The van der Waals surface area contributed by atoms with E-state index in [0.29, 0.717) is 0 Å². The first-order valence-corrected chi connectivity index (χ1v) is 4.53. The summed E-state index contributed by atoms with van der Waals surface area (Å²) in [5.74, 6) is 0. The number of carbonyl (C=O) groups excluding carboxylic acids is 1. The van der Waals surface area contributed by atoms with Crippen LogP contribution in [0.1, 0.15) is 0 Å². The fourth-order valence-corrected chi connectivity index (χ4v) is 1.08. The van der Waals surface area contributed by atoms with E-state index in [-0.39, 0.29) is 6.29 Å². The fraction of sp³-hybridized carbons (Fsp3) is 0.800. The molecule has 12 heavy (non-hydrogen) atoms. The van der Waals surface area contributed by atoms with E-state index >= 15 is 0 Å². The lowest BCUT2D eigenvalue weighted by Crippen LogP contribution is -2.15. The van der Waals surface area contributed by atoms with E-state index in [1.54, 1.807) is 0 Å². The smallest absolute Gasteiger partial charge is 0.383 e. The number of rotatable bonds is 6. The SMILES string of the molecule is COP(=O)(OC)OC[C@@H](O)C=O. The third kappa shape index (κ3) is 3.94. The summed E-state index contributed by atoms with van der Waals surface area (Å²) >= 11 is 0. The molecule has 1 N–H and O–H groups in total. The van der Waals surface area contributed by atoms with Crippen LogP contribution in [0, 0.1) is 0 Å². The molecule has 7 heteroatoms. The van der Waals surface area contributed by atoms with Crippen molar-refractivity contribution in [3.05, 3.63) is 0 Å². The molecule has 0 aromatic carbocycles. The maximum atomic E-state index is 11.1. The number of aldehydes is 1. The molecule has 0 heterocycles. The second kappa shape index (κ2) is 5.40. The Balaban J connectivity index is 3.89. The van der Waals surface area contributed by atoms with E-state index in [1.165, 1.54) is 0 Å². The summed E-state index contributed by atoms with van der Waals surface area (Å²) in [4.78, 5) is 9.90. The molecule has 0 aliphatic carbocycles. The Morgan fingerprint density at radius 2 is 2.00 bits per heavy atom. The zero-order chi connectivity index (χ0) is 9.61. The molecular formula is C5H11O6P. The van der Waals surface area contributed by atoms with Crippen molar-refractivity contribution in [2.45, 2.75) is 6.10 Å². The normalized spacial score (nSPS) is 14.2. The van der Waals surface area contributed by atoms with Crippen LogP contribution < -0.4 is 0 Å². The van der Waals surface area contributed by atoms with Crippen LogP contribution >= 0.6 is 7.82 Å². The molecule has 0 aromatic heterocycles. The first-order chi connectivity index (χ1) is 5.58. The molecule has 0 saturated heterocycles. The maximum absolute atomic E-state index is 11.1. The third-order valence-electron chi connectivity index (χ3n) is 1.01. The van der Waals surface area contributed by atoms with Crippen molar-refractivity contribution < 1.29 is 28.0 Å². The van der Waals surface area contributed by atoms with Crippen LogP contribution in [0.15, 0.2) is 0 Å². The van der Waals surface area contributed by atoms with Crippen LogP contribution in [0.5, 0.6) is 0 Å². The monoisotopic (exact) mass is 198 g/mol. The highest BCUT2D eigenvalue weighted by atomic mass is 31.2. The number of aliphatic hydroxyl groups is 1. The lowest BCUT2D eigenvalue weighted by atomic mass is 10.4. The molecule has 0 saturated carbocycles. The highest BCUT2D eigenvalue weighted by Gasteiger charge is 2.23. The van der Waals surface area contributed by atoms with E-state index in [1.807, 2.05) is 0 Å². The molecule has 1 atom stereocenters. The maximum Gasteiger partial charge on any atom is 0.474 e. The van der Waals surface area contributed by atoms with Crippen LogP contribution in [0.2, 0.25) is 0 Å². The Morgan fingerprint density at radius 3 is 2.33 bits per heavy atom. The quantitative estimate of drug-likeness (QED) is 0.476. The van der Waals surface area contributed by atoms with Crippen molar-refractivity contribution >= 4 is 14.1 Å². The zero-order valence-electron chi connectivity index (χ0n) is 6.80. The molecule has 0 aliphatic heterocycles. The largest absolute Gasteiger partial charge is 0.474 e. The molecule has 0 bridgehead atoms. The Kier molecular flexibility index (Phi) is 5.28. The van der Waals surface area contributed by atoms with Crippen LogP contribution in [0.3, 0.4) is 0 Å². The second-order valence-electron chi connectivity index (χ2n) is 1.81. The minimum Gasteiger partial charge on any atom is -0.383 e. The van der Waals surface area contributed by atoms with Gasteiger partial charge in [-0.15, -0.1) is 0 Å². The Morgan fingerprint density at radius 1 is 1.50 bits per heavy atom. The van der Waals surface area contributed by atoms with Gasteiger partial charge >= 0.3 is 7.82 Å². The van der Waals surface area contributed by atoms with Gasteiger partial charge in [0.1, 0.15) is 6.10 Å². The summed E-state index contributed by atoms with van der Waals surface area (Å²) in [5.41, 5.74) is 0. The molecule has 0 unspecified atom stereocenters. The number of carbonyl (C=O) groups is 1. The van der Waals surface area contributed by atoms with Gasteiger partial charge in [-0.25, -0.2) is 4.57 Å². The number of phosphoric ester groups is 1. The Hall–Kier alpha value is -0.260. The summed E-state index contributed by atoms with van der Waals surface area (Å²) in [7, 11) is -1.29. The van der Waals surface area contributed by atoms with Gasteiger partial charge in [0.2, 0.25) is 0 Å². The van der Waals surface area contributed by atoms with Crippen molar-refractivity contribution in [2.75, 3.05) is 20.8 Å². The predicted octanol–water partition coefficient (Wildman–Crippen LogP) is -0.0363. The van der Waals surface area contributed by atoms with Crippen LogP contribution in [0.4, 0.5) is 0 Å². The van der Waals surface area contributed by atoms with Crippen LogP contribution in [-0.2, 0) is 22.9 Å². The summed E-state index contributed by atoms with van der Waals surface area (Å²) in [5, 5.41) is 8.69. The molecule has 0 rings (SSSR count). The van der Waals surface area contributed by atoms with E-state index in [2.05, 4.69) is 13.6 Å². The number of hydrogen-bond donors (Lipinski definition) is 1. The minimum absolute atomic E-state index is 0.260. The first kappa shape index (κ1) is 11.7. The molecule has 72 valence electrons. The van der Waals surface area contributed by atoms with Gasteiger partial charge in [-0.1, -0.05) is 0 Å². The molecule has 0 fully saturated rings. The Labute approximate surface area is 70.0 Å². The lowest BCUT2D eigenvalue weighted by Gasteiger charge is -2.13. The summed E-state index contributed by atoms with van der Waals surface area (Å²) < 4.78 is 24.3. The first-order valence-electron chi connectivity index (χ1n) is 3.07. The minimum atomic E-state index is -3.57. The van der Waals surface area contributed by atoms with E-state index in [0.717, 1.165) is 14.2 Å². The molecule has 0 aliphatic rings. The van der Waals surface area contributed by atoms with Crippen LogP contribution in [0.25, 0.3) is 0 Å². The van der Waals surface area contributed by atoms with E-state index in [9.17, 15) is 9.36 Å². The standard InChI is InChI=1S/C5H11O6P/c1-9-12(8,10-2)11-4-5(7)3-6/h3,5,7H,4H2,1-2H3/t5-/m0/s1. The van der Waals surface area contributed by atoms with Gasteiger partial charge in [-0.05, 0) is 0 Å². The van der Waals surface area contributed by atoms with Crippen LogP contribution in [-0.4, -0.2) is 38.3 Å². The van der Waals surface area contributed by atoms with Crippen molar-refractivity contribution in [3.8, 4) is 0 Å². The van der Waals surface area contributed by atoms with Gasteiger partial charge in [0.25, 0.3) is 0 Å². The lowest BCUT2D eigenvalue weighted by molar-refractivity contribution is -0.116.